The molecule has 1 aromatic rings. The van der Waals surface area contributed by atoms with Crippen LogP contribution in [0.2, 0.25) is 0 Å². The van der Waals surface area contributed by atoms with E-state index >= 15 is 0 Å². The molecule has 0 saturated heterocycles. The summed E-state index contributed by atoms with van der Waals surface area (Å²) >= 11 is 4.62. The Morgan fingerprint density at radius 2 is 1.78 bits per heavy atom. The second-order valence-electron chi connectivity index (χ2n) is 5.92. The number of ether oxygens (including phenoxy) is 1. The maximum atomic E-state index is 12.0. The Hall–Kier alpha value is -0.960. The number of carbonyl (C=O) groups excluding carboxylic acids is 1. The highest BCUT2D eigenvalue weighted by atomic mass is 32.1. The molecule has 0 amide bonds. The molecule has 0 saturated carbocycles. The minimum atomic E-state index is -0.769. The molecule has 0 bridgehead atoms. The van der Waals surface area contributed by atoms with Gasteiger partial charge in [-0.1, -0.05) is 51.1 Å². The molecule has 0 radical (unpaired) electrons. The fraction of sp³-hybridized carbons (Fsp3) is 0.533. The van der Waals surface area contributed by atoms with Gasteiger partial charge in [0.15, 0.2) is 0 Å². The molecule has 18 heavy (non-hydrogen) atoms. The third-order valence-electron chi connectivity index (χ3n) is 2.73. The second-order valence-corrected chi connectivity index (χ2v) is 6.78. The summed E-state index contributed by atoms with van der Waals surface area (Å²) in [7, 11) is 1.42. The molecule has 1 atom stereocenters. The standard InChI is InChI=1S/C15H22O2S/c1-14(2,3)11-15(18,13(16)17-4)10-12-8-6-5-7-9-12/h5-9,18H,10-11H2,1-4H3. The van der Waals surface area contributed by atoms with E-state index in [4.69, 9.17) is 4.74 Å². The molecule has 0 aliphatic heterocycles. The van der Waals surface area contributed by atoms with Crippen LogP contribution in [0.15, 0.2) is 30.3 Å². The van der Waals surface area contributed by atoms with Crippen molar-refractivity contribution in [3.8, 4) is 0 Å². The Morgan fingerprint density at radius 3 is 2.22 bits per heavy atom. The Bertz CT molecular complexity index is 395. The molecule has 1 unspecified atom stereocenters. The summed E-state index contributed by atoms with van der Waals surface area (Å²) in [5.41, 5.74) is 1.12. The van der Waals surface area contributed by atoms with E-state index in [0.717, 1.165) is 5.56 Å². The number of hydrogen-bond donors (Lipinski definition) is 1. The first-order valence-corrected chi connectivity index (χ1v) is 6.56. The van der Waals surface area contributed by atoms with Crippen molar-refractivity contribution in [3.05, 3.63) is 35.9 Å². The van der Waals surface area contributed by atoms with Gasteiger partial charge in [-0.2, -0.15) is 12.6 Å². The fourth-order valence-corrected chi connectivity index (χ4v) is 2.96. The second kappa shape index (κ2) is 5.79. The molecule has 100 valence electrons. The minimum absolute atomic E-state index is 0.0186. The summed E-state index contributed by atoms with van der Waals surface area (Å²) in [5.74, 6) is -0.260. The van der Waals surface area contributed by atoms with Gasteiger partial charge in [0.1, 0.15) is 4.75 Å². The summed E-state index contributed by atoms with van der Waals surface area (Å²) in [6.07, 6.45) is 1.26. The van der Waals surface area contributed by atoms with Crippen molar-refractivity contribution in [2.24, 2.45) is 5.41 Å². The number of rotatable bonds is 4. The van der Waals surface area contributed by atoms with E-state index in [0.29, 0.717) is 12.8 Å². The predicted molar refractivity (Wildman–Crippen MR) is 78.0 cm³/mol. The molecule has 0 aliphatic rings. The predicted octanol–water partition coefficient (Wildman–Crippen LogP) is 3.51. The summed E-state index contributed by atoms with van der Waals surface area (Å²) in [5, 5.41) is 0. The van der Waals surface area contributed by atoms with E-state index in [1.807, 2.05) is 30.3 Å². The largest absolute Gasteiger partial charge is 0.468 e. The molecule has 0 aliphatic carbocycles. The van der Waals surface area contributed by atoms with Crippen molar-refractivity contribution >= 4 is 18.6 Å². The van der Waals surface area contributed by atoms with Crippen LogP contribution in [-0.2, 0) is 16.0 Å². The van der Waals surface area contributed by atoms with Crippen LogP contribution < -0.4 is 0 Å². The molecule has 0 N–H and O–H groups in total. The molecule has 0 heterocycles. The van der Waals surface area contributed by atoms with Gasteiger partial charge in [-0.15, -0.1) is 0 Å². The lowest BCUT2D eigenvalue weighted by Crippen LogP contribution is -2.40. The van der Waals surface area contributed by atoms with Crippen molar-refractivity contribution in [3.63, 3.8) is 0 Å². The van der Waals surface area contributed by atoms with Gasteiger partial charge < -0.3 is 4.74 Å². The van der Waals surface area contributed by atoms with Crippen molar-refractivity contribution in [2.45, 2.75) is 38.4 Å². The van der Waals surface area contributed by atoms with Crippen LogP contribution in [0.5, 0.6) is 0 Å². The van der Waals surface area contributed by atoms with Gasteiger partial charge in [-0.3, -0.25) is 4.79 Å². The summed E-state index contributed by atoms with van der Waals surface area (Å²) < 4.78 is 4.15. The molecule has 3 heteroatoms. The van der Waals surface area contributed by atoms with E-state index in [9.17, 15) is 4.79 Å². The molecule has 0 aromatic heterocycles. The van der Waals surface area contributed by atoms with Crippen LogP contribution in [0.25, 0.3) is 0 Å². The van der Waals surface area contributed by atoms with Gasteiger partial charge in [0.25, 0.3) is 0 Å². The Labute approximate surface area is 115 Å². The highest BCUT2D eigenvalue weighted by Gasteiger charge is 2.39. The van der Waals surface area contributed by atoms with E-state index in [1.54, 1.807) is 0 Å². The lowest BCUT2D eigenvalue weighted by molar-refractivity contribution is -0.144. The average molecular weight is 266 g/mol. The monoisotopic (exact) mass is 266 g/mol. The van der Waals surface area contributed by atoms with Gasteiger partial charge in [0.2, 0.25) is 0 Å². The first-order valence-electron chi connectivity index (χ1n) is 6.12. The zero-order valence-corrected chi connectivity index (χ0v) is 12.5. The summed E-state index contributed by atoms with van der Waals surface area (Å²) in [6.45, 7) is 6.31. The van der Waals surface area contributed by atoms with Crippen molar-refractivity contribution in [1.82, 2.24) is 0 Å². The van der Waals surface area contributed by atoms with Crippen LogP contribution in [0, 0.1) is 5.41 Å². The smallest absolute Gasteiger partial charge is 0.322 e. The quantitative estimate of drug-likeness (QED) is 0.667. The van der Waals surface area contributed by atoms with Crippen molar-refractivity contribution in [1.29, 1.82) is 0 Å². The number of hydrogen-bond acceptors (Lipinski definition) is 3. The number of carbonyl (C=O) groups is 1. The Morgan fingerprint density at radius 1 is 1.22 bits per heavy atom. The van der Waals surface area contributed by atoms with Gasteiger partial charge in [0.05, 0.1) is 7.11 Å². The normalized spacial score (nSPS) is 14.9. The SMILES string of the molecule is COC(=O)C(S)(Cc1ccccc1)CC(C)(C)C. The topological polar surface area (TPSA) is 26.3 Å². The van der Waals surface area contributed by atoms with Gasteiger partial charge >= 0.3 is 5.97 Å². The third-order valence-corrected chi connectivity index (χ3v) is 3.23. The lowest BCUT2D eigenvalue weighted by Gasteiger charge is -2.32. The molecule has 0 spiro atoms. The van der Waals surface area contributed by atoms with E-state index in [2.05, 4.69) is 33.4 Å². The van der Waals surface area contributed by atoms with Gasteiger partial charge in [0, 0.05) is 0 Å². The minimum Gasteiger partial charge on any atom is -0.468 e. The van der Waals surface area contributed by atoms with E-state index < -0.39 is 4.75 Å². The molecule has 1 rings (SSSR count). The fourth-order valence-electron chi connectivity index (χ4n) is 2.21. The van der Waals surface area contributed by atoms with Crippen molar-refractivity contribution in [2.75, 3.05) is 7.11 Å². The zero-order valence-electron chi connectivity index (χ0n) is 11.6. The highest BCUT2D eigenvalue weighted by molar-refractivity contribution is 7.82. The van der Waals surface area contributed by atoms with Gasteiger partial charge in [-0.25, -0.2) is 0 Å². The van der Waals surface area contributed by atoms with Crippen LogP contribution in [0.3, 0.4) is 0 Å². The van der Waals surface area contributed by atoms with Gasteiger partial charge in [-0.05, 0) is 23.8 Å². The summed E-state index contributed by atoms with van der Waals surface area (Å²) in [4.78, 5) is 12.0. The van der Waals surface area contributed by atoms with Crippen molar-refractivity contribution < 1.29 is 9.53 Å². The highest BCUT2D eigenvalue weighted by Crippen LogP contribution is 2.35. The number of thiol groups is 1. The molecular weight excluding hydrogens is 244 g/mol. The molecule has 1 aromatic carbocycles. The maximum Gasteiger partial charge on any atom is 0.322 e. The molecular formula is C15H22O2S. The van der Waals surface area contributed by atoms with Crippen LogP contribution in [0.4, 0.5) is 0 Å². The van der Waals surface area contributed by atoms with Crippen LogP contribution in [-0.4, -0.2) is 17.8 Å². The van der Waals surface area contributed by atoms with Crippen LogP contribution >= 0.6 is 12.6 Å². The third kappa shape index (κ3) is 4.37. The average Bonchev–Trinajstić information content (AvgIpc) is 2.26. The van der Waals surface area contributed by atoms with E-state index in [-0.39, 0.29) is 11.4 Å². The Kier molecular flexibility index (Phi) is 4.85. The molecule has 0 fully saturated rings. The number of methoxy groups -OCH3 is 1. The van der Waals surface area contributed by atoms with Crippen LogP contribution in [0.1, 0.15) is 32.8 Å². The molecule has 2 nitrogen and oxygen atoms in total. The summed E-state index contributed by atoms with van der Waals surface area (Å²) in [6, 6.07) is 9.93. The maximum absolute atomic E-state index is 12.0. The van der Waals surface area contributed by atoms with E-state index in [1.165, 1.54) is 7.11 Å². The first kappa shape index (κ1) is 15.1. The first-order chi connectivity index (χ1) is 8.27. The Balaban J connectivity index is 2.95. The number of esters is 1. The zero-order chi connectivity index (χ0) is 13.8. The number of benzene rings is 1. The lowest BCUT2D eigenvalue weighted by atomic mass is 9.81.